The molecule has 1 aliphatic rings. The Balaban J connectivity index is 1.97. The van der Waals surface area contributed by atoms with E-state index < -0.39 is 15.9 Å². The standard InChI is InChI=1S/C16H19N3O3S/c1-18-10-12(9-15(18)16(17)20)23(21,22)19(2)14-8-7-11-5-3-4-6-13(11)14/h3-6,9-10,14H,7-8H2,1-2H3,(H2,17,20). The Kier molecular flexibility index (Phi) is 3.77. The van der Waals surface area contributed by atoms with E-state index in [2.05, 4.69) is 0 Å². The maximum atomic E-state index is 12.9. The van der Waals surface area contributed by atoms with Gasteiger partial charge in [0.2, 0.25) is 10.0 Å². The number of fused-ring (bicyclic) bond motifs is 1. The lowest BCUT2D eigenvalue weighted by Crippen LogP contribution is -2.30. The molecular formula is C16H19N3O3S. The maximum Gasteiger partial charge on any atom is 0.265 e. The van der Waals surface area contributed by atoms with Crippen molar-refractivity contribution in [3.63, 3.8) is 0 Å². The number of carbonyl (C=O) groups excluding carboxylic acids is 1. The molecular weight excluding hydrogens is 314 g/mol. The lowest BCUT2D eigenvalue weighted by Gasteiger charge is -2.24. The second-order valence-corrected chi connectivity index (χ2v) is 7.81. The van der Waals surface area contributed by atoms with Crippen molar-refractivity contribution in [1.82, 2.24) is 8.87 Å². The Morgan fingerprint density at radius 3 is 2.70 bits per heavy atom. The molecule has 1 amide bonds. The molecule has 7 heteroatoms. The summed E-state index contributed by atoms with van der Waals surface area (Å²) in [4.78, 5) is 11.4. The number of sulfonamides is 1. The van der Waals surface area contributed by atoms with Crippen LogP contribution in [-0.4, -0.2) is 30.2 Å². The van der Waals surface area contributed by atoms with Gasteiger partial charge in [-0.05, 0) is 30.0 Å². The van der Waals surface area contributed by atoms with Crippen LogP contribution in [0, 0.1) is 0 Å². The molecule has 0 radical (unpaired) electrons. The summed E-state index contributed by atoms with van der Waals surface area (Å²) in [5.41, 5.74) is 7.67. The lowest BCUT2D eigenvalue weighted by atomic mass is 10.1. The summed E-state index contributed by atoms with van der Waals surface area (Å²) in [6.07, 6.45) is 3.04. The van der Waals surface area contributed by atoms with Crippen LogP contribution in [-0.2, 0) is 23.5 Å². The van der Waals surface area contributed by atoms with Gasteiger partial charge in [0.1, 0.15) is 10.6 Å². The Morgan fingerprint density at radius 2 is 2.04 bits per heavy atom. The topological polar surface area (TPSA) is 85.4 Å². The van der Waals surface area contributed by atoms with E-state index in [1.54, 1.807) is 14.1 Å². The molecule has 1 aromatic heterocycles. The number of amides is 1. The highest BCUT2D eigenvalue weighted by molar-refractivity contribution is 7.89. The summed E-state index contributed by atoms with van der Waals surface area (Å²) in [5.74, 6) is -0.650. The predicted octanol–water partition coefficient (Wildman–Crippen LogP) is 1.43. The van der Waals surface area contributed by atoms with Gasteiger partial charge in [-0.1, -0.05) is 24.3 Å². The Hall–Kier alpha value is -2.12. The number of carbonyl (C=O) groups is 1. The van der Waals surface area contributed by atoms with Crippen molar-refractivity contribution >= 4 is 15.9 Å². The highest BCUT2D eigenvalue weighted by atomic mass is 32.2. The third-order valence-electron chi connectivity index (χ3n) is 4.45. The maximum absolute atomic E-state index is 12.9. The van der Waals surface area contributed by atoms with E-state index in [0.29, 0.717) is 0 Å². The van der Waals surface area contributed by atoms with Crippen molar-refractivity contribution in [2.45, 2.75) is 23.8 Å². The van der Waals surface area contributed by atoms with E-state index in [4.69, 9.17) is 5.73 Å². The minimum Gasteiger partial charge on any atom is -0.364 e. The number of primary amides is 1. The first kappa shape index (κ1) is 15.8. The van der Waals surface area contributed by atoms with Crippen LogP contribution in [0.2, 0.25) is 0 Å². The number of aromatic nitrogens is 1. The lowest BCUT2D eigenvalue weighted by molar-refractivity contribution is 0.0992. The molecule has 1 unspecified atom stereocenters. The zero-order chi connectivity index (χ0) is 16.8. The van der Waals surface area contributed by atoms with Crippen molar-refractivity contribution < 1.29 is 13.2 Å². The quantitative estimate of drug-likeness (QED) is 0.918. The summed E-state index contributed by atoms with van der Waals surface area (Å²) in [6.45, 7) is 0. The van der Waals surface area contributed by atoms with Crippen LogP contribution in [0.3, 0.4) is 0 Å². The first-order valence-corrected chi connectivity index (χ1v) is 8.78. The van der Waals surface area contributed by atoms with Crippen LogP contribution < -0.4 is 5.73 Å². The molecule has 122 valence electrons. The molecule has 0 bridgehead atoms. The largest absolute Gasteiger partial charge is 0.364 e. The summed E-state index contributed by atoms with van der Waals surface area (Å²) in [5, 5.41) is 0. The summed E-state index contributed by atoms with van der Waals surface area (Å²) < 4.78 is 28.6. The van der Waals surface area contributed by atoms with Crippen molar-refractivity contribution in [1.29, 1.82) is 0 Å². The molecule has 0 saturated carbocycles. The van der Waals surface area contributed by atoms with E-state index >= 15 is 0 Å². The Bertz CT molecular complexity index is 870. The first-order chi connectivity index (χ1) is 10.8. The zero-order valence-electron chi connectivity index (χ0n) is 13.1. The molecule has 6 nitrogen and oxygen atoms in total. The van der Waals surface area contributed by atoms with Gasteiger partial charge in [0.05, 0.1) is 6.04 Å². The monoisotopic (exact) mass is 333 g/mol. The van der Waals surface area contributed by atoms with Crippen molar-refractivity contribution in [2.75, 3.05) is 7.05 Å². The van der Waals surface area contributed by atoms with Gasteiger partial charge in [-0.15, -0.1) is 0 Å². The average molecular weight is 333 g/mol. The SMILES string of the molecule is CN(C1CCc2ccccc21)S(=O)(=O)c1cc(C(N)=O)n(C)c1. The molecule has 0 saturated heterocycles. The Labute approximate surface area is 135 Å². The van der Waals surface area contributed by atoms with Crippen molar-refractivity contribution in [3.8, 4) is 0 Å². The van der Waals surface area contributed by atoms with E-state index in [1.807, 2.05) is 24.3 Å². The van der Waals surface area contributed by atoms with Gasteiger partial charge in [-0.2, -0.15) is 4.31 Å². The highest BCUT2D eigenvalue weighted by Crippen LogP contribution is 2.37. The third-order valence-corrected chi connectivity index (χ3v) is 6.28. The Morgan fingerprint density at radius 1 is 1.35 bits per heavy atom. The normalized spacial score (nSPS) is 17.4. The van der Waals surface area contributed by atoms with Crippen molar-refractivity contribution in [3.05, 3.63) is 53.3 Å². The smallest absolute Gasteiger partial charge is 0.265 e. The minimum atomic E-state index is -3.70. The molecule has 1 aliphatic carbocycles. The molecule has 1 aromatic carbocycles. The van der Waals surface area contributed by atoms with Crippen LogP contribution in [0.5, 0.6) is 0 Å². The van der Waals surface area contributed by atoms with Gasteiger partial charge in [0.25, 0.3) is 5.91 Å². The fourth-order valence-corrected chi connectivity index (χ4v) is 4.60. The number of hydrogen-bond acceptors (Lipinski definition) is 3. The number of benzene rings is 1. The van der Waals surface area contributed by atoms with Crippen LogP contribution in [0.4, 0.5) is 0 Å². The summed E-state index contributed by atoms with van der Waals surface area (Å²) in [7, 11) is -0.512. The molecule has 2 aromatic rings. The fraction of sp³-hybridized carbons (Fsp3) is 0.312. The van der Waals surface area contributed by atoms with Gasteiger partial charge in [-0.25, -0.2) is 8.42 Å². The van der Waals surface area contributed by atoms with Crippen molar-refractivity contribution in [2.24, 2.45) is 12.8 Å². The zero-order valence-corrected chi connectivity index (χ0v) is 13.9. The number of nitrogens with zero attached hydrogens (tertiary/aromatic N) is 2. The van der Waals surface area contributed by atoms with Gasteiger partial charge < -0.3 is 10.3 Å². The van der Waals surface area contributed by atoms with Crippen LogP contribution >= 0.6 is 0 Å². The minimum absolute atomic E-state index is 0.0840. The average Bonchev–Trinajstić information content (AvgIpc) is 3.10. The molecule has 23 heavy (non-hydrogen) atoms. The van der Waals surface area contributed by atoms with E-state index in [0.717, 1.165) is 18.4 Å². The van der Waals surface area contributed by atoms with E-state index in [-0.39, 0.29) is 16.6 Å². The number of nitrogens with two attached hydrogens (primary N) is 1. The molecule has 0 fully saturated rings. The molecule has 0 aliphatic heterocycles. The predicted molar refractivity (Wildman–Crippen MR) is 86.4 cm³/mol. The second-order valence-electron chi connectivity index (χ2n) is 5.81. The fourth-order valence-electron chi connectivity index (χ4n) is 3.17. The number of aryl methyl sites for hydroxylation is 2. The van der Waals surface area contributed by atoms with Gasteiger partial charge in [0, 0.05) is 20.3 Å². The molecule has 3 rings (SSSR count). The number of hydrogen-bond donors (Lipinski definition) is 1. The number of rotatable bonds is 4. The van der Waals surface area contributed by atoms with Crippen LogP contribution in [0.1, 0.15) is 34.1 Å². The van der Waals surface area contributed by atoms with Gasteiger partial charge >= 0.3 is 0 Å². The highest BCUT2D eigenvalue weighted by Gasteiger charge is 2.34. The third kappa shape index (κ3) is 2.55. The van der Waals surface area contributed by atoms with Gasteiger partial charge in [0.15, 0.2) is 0 Å². The molecule has 1 heterocycles. The first-order valence-electron chi connectivity index (χ1n) is 7.34. The molecule has 2 N–H and O–H groups in total. The molecule has 1 atom stereocenters. The summed E-state index contributed by atoms with van der Waals surface area (Å²) >= 11 is 0. The molecule has 0 spiro atoms. The van der Waals surface area contributed by atoms with Crippen LogP contribution in [0.15, 0.2) is 41.4 Å². The van der Waals surface area contributed by atoms with Crippen LogP contribution in [0.25, 0.3) is 0 Å². The van der Waals surface area contributed by atoms with E-state index in [9.17, 15) is 13.2 Å². The van der Waals surface area contributed by atoms with Gasteiger partial charge in [-0.3, -0.25) is 4.79 Å². The van der Waals surface area contributed by atoms with E-state index in [1.165, 1.54) is 26.7 Å². The second kappa shape index (κ2) is 5.50. The summed E-state index contributed by atoms with van der Waals surface area (Å²) in [6, 6.07) is 9.03.